The molecule has 6 aliphatic rings. The predicted octanol–water partition coefficient (Wildman–Crippen LogP) is 3.16. The van der Waals surface area contributed by atoms with Crippen LogP contribution in [0.3, 0.4) is 0 Å². The van der Waals surface area contributed by atoms with Crippen molar-refractivity contribution >= 4 is 5.91 Å². The maximum atomic E-state index is 12.7. The van der Waals surface area contributed by atoms with E-state index in [2.05, 4.69) is 15.2 Å². The van der Waals surface area contributed by atoms with Gasteiger partial charge in [0.15, 0.2) is 0 Å². The second-order valence-electron chi connectivity index (χ2n) is 10.8. The van der Waals surface area contributed by atoms with Gasteiger partial charge >= 0.3 is 0 Å². The summed E-state index contributed by atoms with van der Waals surface area (Å²) in [5.41, 5.74) is 0.954. The number of rotatable bonds is 5. The minimum atomic E-state index is -0.241. The molecule has 5 heteroatoms. The van der Waals surface area contributed by atoms with Crippen LogP contribution in [-0.4, -0.2) is 34.9 Å². The molecular weight excluding hydrogens is 362 g/mol. The van der Waals surface area contributed by atoms with Crippen LogP contribution in [0.4, 0.5) is 0 Å². The summed E-state index contributed by atoms with van der Waals surface area (Å²) in [6.07, 6.45) is 10.9. The fraction of sp³-hybridized carbons (Fsp3) is 0.750. The lowest BCUT2D eigenvalue weighted by molar-refractivity contribution is -0.0347. The zero-order chi connectivity index (χ0) is 19.5. The lowest BCUT2D eigenvalue weighted by Crippen LogP contribution is -2.49. The number of H-pyrrole nitrogens is 1. The van der Waals surface area contributed by atoms with E-state index in [4.69, 9.17) is 0 Å². The van der Waals surface area contributed by atoms with E-state index in [-0.39, 0.29) is 17.0 Å². The smallest absolute Gasteiger partial charge is 0.261 e. The first-order valence-corrected chi connectivity index (χ1v) is 11.9. The molecule has 1 amide bonds. The van der Waals surface area contributed by atoms with Crippen LogP contribution in [0.15, 0.2) is 16.9 Å². The summed E-state index contributed by atoms with van der Waals surface area (Å²) in [5, 5.41) is 3.11. The van der Waals surface area contributed by atoms with Gasteiger partial charge in [0.2, 0.25) is 0 Å². The zero-order valence-electron chi connectivity index (χ0n) is 17.2. The van der Waals surface area contributed by atoms with Crippen molar-refractivity contribution in [2.75, 3.05) is 13.1 Å². The molecule has 1 aliphatic heterocycles. The molecule has 29 heavy (non-hydrogen) atoms. The summed E-state index contributed by atoms with van der Waals surface area (Å²) >= 11 is 0. The van der Waals surface area contributed by atoms with Crippen LogP contribution in [0, 0.1) is 35.5 Å². The Balaban J connectivity index is 1.08. The molecular formula is C24H33N3O2. The van der Waals surface area contributed by atoms with Crippen LogP contribution in [-0.2, 0) is 6.54 Å². The molecule has 0 spiro atoms. The molecule has 5 nitrogen and oxygen atoms in total. The predicted molar refractivity (Wildman–Crippen MR) is 111 cm³/mol. The summed E-state index contributed by atoms with van der Waals surface area (Å²) in [5.74, 6) is 4.76. The highest BCUT2D eigenvalue weighted by atomic mass is 16.2. The van der Waals surface area contributed by atoms with E-state index in [0.717, 1.165) is 54.9 Å². The van der Waals surface area contributed by atoms with E-state index in [1.54, 1.807) is 6.07 Å². The number of fused-ring (bicyclic) bond motifs is 2. The number of aromatic nitrogens is 1. The SMILES string of the molecule is O=C(NCC1C2CC3CC(C2)CC1C3)c1ccc(CN2CC3CCC2C3)[nH]c1=O. The minimum Gasteiger partial charge on any atom is -0.352 e. The zero-order valence-corrected chi connectivity index (χ0v) is 17.2. The summed E-state index contributed by atoms with van der Waals surface area (Å²) in [6.45, 7) is 2.69. The topological polar surface area (TPSA) is 65.2 Å². The van der Waals surface area contributed by atoms with Gasteiger partial charge < -0.3 is 10.3 Å². The molecule has 6 fully saturated rings. The van der Waals surface area contributed by atoms with Crippen molar-refractivity contribution in [3.63, 3.8) is 0 Å². The molecule has 2 unspecified atom stereocenters. The molecule has 0 aromatic carbocycles. The fourth-order valence-electron chi connectivity index (χ4n) is 7.90. The number of nitrogens with one attached hydrogen (secondary N) is 2. The van der Waals surface area contributed by atoms with Gasteiger partial charge in [-0.25, -0.2) is 0 Å². The van der Waals surface area contributed by atoms with Crippen LogP contribution in [0.1, 0.15) is 67.4 Å². The van der Waals surface area contributed by atoms with Crippen molar-refractivity contribution in [2.24, 2.45) is 35.5 Å². The Morgan fingerprint density at radius 3 is 2.38 bits per heavy atom. The number of pyridine rings is 1. The second-order valence-corrected chi connectivity index (χ2v) is 10.8. The van der Waals surface area contributed by atoms with Gasteiger partial charge in [0.05, 0.1) is 0 Å². The number of amides is 1. The minimum absolute atomic E-state index is 0.202. The summed E-state index contributed by atoms with van der Waals surface area (Å²) in [7, 11) is 0. The van der Waals surface area contributed by atoms with Gasteiger partial charge in [0.1, 0.15) is 5.56 Å². The molecule has 2 N–H and O–H groups in total. The first-order valence-electron chi connectivity index (χ1n) is 11.9. The Bertz CT molecular complexity index is 834. The Kier molecular flexibility index (Phi) is 4.37. The molecule has 7 rings (SSSR count). The molecule has 0 radical (unpaired) electrons. The maximum Gasteiger partial charge on any atom is 0.261 e. The average molecular weight is 396 g/mol. The molecule has 2 heterocycles. The van der Waals surface area contributed by atoms with Crippen LogP contribution in [0.5, 0.6) is 0 Å². The number of aromatic amines is 1. The van der Waals surface area contributed by atoms with Gasteiger partial charge in [-0.1, -0.05) is 0 Å². The van der Waals surface area contributed by atoms with E-state index < -0.39 is 0 Å². The highest BCUT2D eigenvalue weighted by Crippen LogP contribution is 2.56. The number of likely N-dealkylation sites (tertiary alicyclic amines) is 1. The third-order valence-electron chi connectivity index (χ3n) is 9.03. The molecule has 2 atom stereocenters. The Morgan fingerprint density at radius 1 is 1.00 bits per heavy atom. The molecule has 6 bridgehead atoms. The third-order valence-corrected chi connectivity index (χ3v) is 9.03. The number of hydrogen-bond donors (Lipinski definition) is 2. The van der Waals surface area contributed by atoms with Crippen LogP contribution in [0.25, 0.3) is 0 Å². The number of hydrogen-bond acceptors (Lipinski definition) is 3. The highest BCUT2D eigenvalue weighted by molar-refractivity contribution is 5.93. The highest BCUT2D eigenvalue weighted by Gasteiger charge is 2.48. The first-order chi connectivity index (χ1) is 14.1. The van der Waals surface area contributed by atoms with Crippen molar-refractivity contribution in [1.29, 1.82) is 0 Å². The van der Waals surface area contributed by atoms with E-state index in [0.29, 0.717) is 12.0 Å². The van der Waals surface area contributed by atoms with Gasteiger partial charge in [-0.15, -0.1) is 0 Å². The van der Waals surface area contributed by atoms with Crippen molar-refractivity contribution in [1.82, 2.24) is 15.2 Å². The summed E-state index contributed by atoms with van der Waals surface area (Å²) in [4.78, 5) is 30.8. The van der Waals surface area contributed by atoms with E-state index in [1.807, 2.05) is 6.07 Å². The van der Waals surface area contributed by atoms with E-state index >= 15 is 0 Å². The Labute approximate surface area is 172 Å². The molecule has 156 valence electrons. The van der Waals surface area contributed by atoms with Gasteiger partial charge in [-0.05, 0) is 99.0 Å². The van der Waals surface area contributed by atoms with E-state index in [1.165, 1.54) is 51.4 Å². The quantitative estimate of drug-likeness (QED) is 0.805. The lowest BCUT2D eigenvalue weighted by Gasteiger charge is -2.54. The molecule has 5 aliphatic carbocycles. The van der Waals surface area contributed by atoms with Gasteiger partial charge in [0, 0.05) is 31.4 Å². The van der Waals surface area contributed by atoms with Crippen molar-refractivity contribution < 1.29 is 4.79 Å². The van der Waals surface area contributed by atoms with Crippen LogP contribution >= 0.6 is 0 Å². The third kappa shape index (κ3) is 3.26. The summed E-state index contributed by atoms with van der Waals surface area (Å²) < 4.78 is 0. The monoisotopic (exact) mass is 395 g/mol. The Morgan fingerprint density at radius 2 is 1.76 bits per heavy atom. The van der Waals surface area contributed by atoms with Crippen LogP contribution in [0.2, 0.25) is 0 Å². The van der Waals surface area contributed by atoms with Crippen molar-refractivity contribution in [3.05, 3.63) is 33.7 Å². The number of nitrogens with zero attached hydrogens (tertiary/aromatic N) is 1. The molecule has 1 saturated heterocycles. The van der Waals surface area contributed by atoms with Crippen LogP contribution < -0.4 is 10.9 Å². The second kappa shape index (κ2) is 6.97. The van der Waals surface area contributed by atoms with Crippen molar-refractivity contribution in [2.45, 2.75) is 64.0 Å². The Hall–Kier alpha value is -1.62. The number of carbonyl (C=O) groups is 1. The van der Waals surface area contributed by atoms with Gasteiger partial charge in [-0.3, -0.25) is 14.5 Å². The molecule has 1 aromatic rings. The number of piperidine rings is 1. The van der Waals surface area contributed by atoms with E-state index in [9.17, 15) is 9.59 Å². The largest absolute Gasteiger partial charge is 0.352 e. The fourth-order valence-corrected chi connectivity index (χ4v) is 7.90. The van der Waals surface area contributed by atoms with Gasteiger partial charge in [0.25, 0.3) is 11.5 Å². The van der Waals surface area contributed by atoms with Gasteiger partial charge in [-0.2, -0.15) is 0 Å². The molecule has 1 aromatic heterocycles. The van der Waals surface area contributed by atoms with Crippen molar-refractivity contribution in [3.8, 4) is 0 Å². The standard InChI is InChI=1S/C24H33N3O2/c28-23(25-11-22-17-6-15-5-16(8-17)9-18(22)7-15)21-4-2-19(26-24(21)29)13-27-12-14-1-3-20(27)10-14/h2,4,14-18,20,22H,1,3,5-13H2,(H,25,28)(H,26,29). The lowest BCUT2D eigenvalue weighted by atomic mass is 9.52. The maximum absolute atomic E-state index is 12.7. The number of carbonyl (C=O) groups excluding carboxylic acids is 1. The molecule has 5 saturated carbocycles. The summed E-state index contributed by atoms with van der Waals surface area (Å²) in [6, 6.07) is 4.35. The normalized spacial score (nSPS) is 39.9. The first kappa shape index (κ1) is 18.2. The average Bonchev–Trinajstić information content (AvgIpc) is 3.30.